The number of hydrogen-bond donors (Lipinski definition) is 0. The van der Waals surface area contributed by atoms with Crippen molar-refractivity contribution >= 4 is 14.6 Å². The van der Waals surface area contributed by atoms with Crippen molar-refractivity contribution < 1.29 is 9.22 Å². The topological polar surface area (TPSA) is 26.3 Å². The molecule has 2 nitrogen and oxygen atoms in total. The zero-order valence-electron chi connectivity index (χ0n) is 10.2. The minimum absolute atomic E-state index is 0.0199. The fourth-order valence-electron chi connectivity index (χ4n) is 1.61. The van der Waals surface area contributed by atoms with E-state index in [1.165, 1.54) is 0 Å². The second-order valence-electron chi connectivity index (χ2n) is 4.06. The van der Waals surface area contributed by atoms with Gasteiger partial charge in [0.15, 0.2) is 8.32 Å². The Bertz CT molecular complexity index is 158. The molecule has 0 heterocycles. The first-order valence-electron chi connectivity index (χ1n) is 5.68. The lowest BCUT2D eigenvalue weighted by Crippen LogP contribution is -2.41. The lowest BCUT2D eigenvalue weighted by molar-refractivity contribution is -0.112. The average molecular weight is 216 g/mol. The Kier molecular flexibility index (Phi) is 6.28. The third-order valence-electron chi connectivity index (χ3n) is 3.32. The average Bonchev–Trinajstić information content (AvgIpc) is 2.24. The minimum atomic E-state index is -1.52. The van der Waals surface area contributed by atoms with E-state index < -0.39 is 8.32 Å². The van der Waals surface area contributed by atoms with Gasteiger partial charge >= 0.3 is 0 Å². The van der Waals surface area contributed by atoms with Gasteiger partial charge in [0.25, 0.3) is 0 Å². The van der Waals surface area contributed by atoms with Gasteiger partial charge in [-0.3, -0.25) is 0 Å². The van der Waals surface area contributed by atoms with E-state index in [2.05, 4.69) is 20.8 Å². The molecule has 0 rings (SSSR count). The summed E-state index contributed by atoms with van der Waals surface area (Å²) in [6.45, 7) is 10.6. The van der Waals surface area contributed by atoms with Gasteiger partial charge in [0.05, 0.1) is 6.10 Å². The first-order valence-corrected chi connectivity index (χ1v) is 8.21. The molecule has 0 N–H and O–H groups in total. The predicted octanol–water partition coefficient (Wildman–Crippen LogP) is 3.23. The van der Waals surface area contributed by atoms with Gasteiger partial charge in [-0.2, -0.15) is 0 Å². The van der Waals surface area contributed by atoms with E-state index in [4.69, 9.17) is 4.43 Å². The number of rotatable bonds is 7. The largest absolute Gasteiger partial charge is 0.414 e. The maximum absolute atomic E-state index is 10.6. The SMILES string of the molecule is CC[Si](CC)(CC)OC(C)C(C)C=O. The summed E-state index contributed by atoms with van der Waals surface area (Å²) in [5.41, 5.74) is 0. The highest BCUT2D eigenvalue weighted by atomic mass is 28.4. The maximum atomic E-state index is 10.6. The fourth-order valence-corrected chi connectivity index (χ4v) is 4.62. The number of carbonyl (C=O) groups excluding carboxylic acids is 1. The first kappa shape index (κ1) is 13.8. The smallest absolute Gasteiger partial charge is 0.192 e. The molecule has 14 heavy (non-hydrogen) atoms. The Balaban J connectivity index is 4.35. The molecule has 0 aromatic heterocycles. The van der Waals surface area contributed by atoms with Gasteiger partial charge in [0.1, 0.15) is 6.29 Å². The van der Waals surface area contributed by atoms with Crippen molar-refractivity contribution in [2.24, 2.45) is 5.92 Å². The van der Waals surface area contributed by atoms with Crippen LogP contribution in [0.15, 0.2) is 0 Å². The maximum Gasteiger partial charge on any atom is 0.192 e. The van der Waals surface area contributed by atoms with Crippen molar-refractivity contribution in [2.75, 3.05) is 0 Å². The van der Waals surface area contributed by atoms with Gasteiger partial charge in [-0.25, -0.2) is 0 Å². The summed E-state index contributed by atoms with van der Waals surface area (Å²) in [5, 5.41) is 0. The number of aldehydes is 1. The monoisotopic (exact) mass is 216 g/mol. The summed E-state index contributed by atoms with van der Waals surface area (Å²) in [4.78, 5) is 10.6. The summed E-state index contributed by atoms with van der Waals surface area (Å²) >= 11 is 0. The Morgan fingerprint density at radius 3 is 1.86 bits per heavy atom. The Morgan fingerprint density at radius 1 is 1.14 bits per heavy atom. The molecule has 0 aliphatic carbocycles. The third-order valence-corrected chi connectivity index (χ3v) is 8.06. The van der Waals surface area contributed by atoms with Crippen molar-refractivity contribution in [3.05, 3.63) is 0 Å². The van der Waals surface area contributed by atoms with Crippen LogP contribution in [-0.4, -0.2) is 20.7 Å². The lowest BCUT2D eigenvalue weighted by Gasteiger charge is -2.32. The van der Waals surface area contributed by atoms with Gasteiger partial charge in [-0.1, -0.05) is 27.7 Å². The highest BCUT2D eigenvalue weighted by Gasteiger charge is 2.31. The van der Waals surface area contributed by atoms with Crippen molar-refractivity contribution in [1.82, 2.24) is 0 Å². The standard InChI is InChI=1S/C11H24O2Si/c1-6-14(7-2,8-3)13-11(5)10(4)9-12/h9-11H,6-8H2,1-5H3. The summed E-state index contributed by atoms with van der Waals surface area (Å²) in [5.74, 6) is 0.0199. The summed E-state index contributed by atoms with van der Waals surface area (Å²) in [6, 6.07) is 3.45. The zero-order chi connectivity index (χ0) is 11.2. The van der Waals surface area contributed by atoms with Crippen LogP contribution in [0.3, 0.4) is 0 Å². The second kappa shape index (κ2) is 6.35. The fraction of sp³-hybridized carbons (Fsp3) is 0.909. The molecule has 0 aromatic carbocycles. The molecule has 0 saturated carbocycles. The van der Waals surface area contributed by atoms with Crippen molar-refractivity contribution in [3.63, 3.8) is 0 Å². The molecule has 0 saturated heterocycles. The van der Waals surface area contributed by atoms with Gasteiger partial charge in [0.2, 0.25) is 0 Å². The van der Waals surface area contributed by atoms with Gasteiger partial charge in [0, 0.05) is 5.92 Å². The Hall–Kier alpha value is -0.153. The van der Waals surface area contributed by atoms with Crippen LogP contribution < -0.4 is 0 Å². The normalized spacial score (nSPS) is 16.4. The van der Waals surface area contributed by atoms with Crippen LogP contribution in [0.25, 0.3) is 0 Å². The molecule has 2 unspecified atom stereocenters. The minimum Gasteiger partial charge on any atom is -0.414 e. The van der Waals surface area contributed by atoms with Crippen molar-refractivity contribution in [1.29, 1.82) is 0 Å². The van der Waals surface area contributed by atoms with Crippen molar-refractivity contribution in [2.45, 2.75) is 58.9 Å². The number of carbonyl (C=O) groups is 1. The molecule has 0 fully saturated rings. The van der Waals surface area contributed by atoms with Crippen LogP contribution >= 0.6 is 0 Å². The van der Waals surface area contributed by atoms with E-state index >= 15 is 0 Å². The van der Waals surface area contributed by atoms with E-state index in [1.807, 2.05) is 13.8 Å². The molecule has 0 aliphatic rings. The molecule has 0 spiro atoms. The highest BCUT2D eigenvalue weighted by Crippen LogP contribution is 2.24. The van der Waals surface area contributed by atoms with Crippen molar-refractivity contribution in [3.8, 4) is 0 Å². The zero-order valence-corrected chi connectivity index (χ0v) is 11.2. The molecule has 3 heteroatoms. The molecule has 0 aliphatic heterocycles. The van der Waals surface area contributed by atoms with Crippen LogP contribution in [0.2, 0.25) is 18.1 Å². The quantitative estimate of drug-likeness (QED) is 0.482. The summed E-state index contributed by atoms with van der Waals surface area (Å²) < 4.78 is 6.15. The predicted molar refractivity (Wildman–Crippen MR) is 63.0 cm³/mol. The van der Waals surface area contributed by atoms with E-state index in [9.17, 15) is 4.79 Å². The van der Waals surface area contributed by atoms with E-state index in [1.54, 1.807) is 0 Å². The van der Waals surface area contributed by atoms with Gasteiger partial charge < -0.3 is 9.22 Å². The summed E-state index contributed by atoms with van der Waals surface area (Å²) in [6.07, 6.45) is 1.07. The molecule has 84 valence electrons. The van der Waals surface area contributed by atoms with Crippen LogP contribution in [0, 0.1) is 5.92 Å². The van der Waals surface area contributed by atoms with Crippen LogP contribution in [0.5, 0.6) is 0 Å². The van der Waals surface area contributed by atoms with E-state index in [0.717, 1.165) is 24.4 Å². The summed E-state index contributed by atoms with van der Waals surface area (Å²) in [7, 11) is -1.52. The molecule has 0 bridgehead atoms. The Labute approximate surface area is 89.2 Å². The van der Waals surface area contributed by atoms with Crippen LogP contribution in [-0.2, 0) is 9.22 Å². The molecular formula is C11H24O2Si. The lowest BCUT2D eigenvalue weighted by atomic mass is 10.1. The van der Waals surface area contributed by atoms with E-state index in [0.29, 0.717) is 0 Å². The molecule has 0 amide bonds. The molecule has 2 atom stereocenters. The molecule has 0 radical (unpaired) electrons. The van der Waals surface area contributed by atoms with Gasteiger partial charge in [-0.15, -0.1) is 0 Å². The van der Waals surface area contributed by atoms with Crippen LogP contribution in [0.4, 0.5) is 0 Å². The number of hydrogen-bond acceptors (Lipinski definition) is 2. The molecular weight excluding hydrogens is 192 g/mol. The van der Waals surface area contributed by atoms with E-state index in [-0.39, 0.29) is 12.0 Å². The molecule has 0 aromatic rings. The van der Waals surface area contributed by atoms with Gasteiger partial charge in [-0.05, 0) is 25.1 Å². The van der Waals surface area contributed by atoms with Crippen LogP contribution in [0.1, 0.15) is 34.6 Å². The highest BCUT2D eigenvalue weighted by molar-refractivity contribution is 6.73. The first-order chi connectivity index (χ1) is 6.55. The second-order valence-corrected chi connectivity index (χ2v) is 8.78. The Morgan fingerprint density at radius 2 is 1.57 bits per heavy atom. The third kappa shape index (κ3) is 3.54.